The van der Waals surface area contributed by atoms with E-state index in [1.165, 1.54) is 12.1 Å². The van der Waals surface area contributed by atoms with Gasteiger partial charge in [0.25, 0.3) is 0 Å². The molecule has 2 nitrogen and oxygen atoms in total. The molecule has 1 aromatic carbocycles. The molecule has 0 spiro atoms. The van der Waals surface area contributed by atoms with E-state index in [0.717, 1.165) is 19.2 Å². The Balaban J connectivity index is 2.27. The SMILES string of the molecule is CN1CCNCC1c1ccc(F)cc1F. The van der Waals surface area contributed by atoms with Gasteiger partial charge in [-0.2, -0.15) is 0 Å². The molecule has 1 atom stereocenters. The Labute approximate surface area is 87.9 Å². The van der Waals surface area contributed by atoms with Gasteiger partial charge in [-0.3, -0.25) is 4.90 Å². The summed E-state index contributed by atoms with van der Waals surface area (Å²) in [6, 6.07) is 3.77. The van der Waals surface area contributed by atoms with Crippen molar-refractivity contribution >= 4 is 0 Å². The van der Waals surface area contributed by atoms with Crippen LogP contribution in [0.15, 0.2) is 18.2 Å². The normalized spacial score (nSPS) is 23.0. The maximum Gasteiger partial charge on any atom is 0.130 e. The largest absolute Gasteiger partial charge is 0.314 e. The van der Waals surface area contributed by atoms with Crippen LogP contribution in [0.5, 0.6) is 0 Å². The van der Waals surface area contributed by atoms with Crippen LogP contribution in [0.2, 0.25) is 0 Å². The van der Waals surface area contributed by atoms with Gasteiger partial charge in [-0.1, -0.05) is 6.07 Å². The van der Waals surface area contributed by atoms with E-state index in [2.05, 4.69) is 10.2 Å². The maximum atomic E-state index is 13.5. The second-order valence-electron chi connectivity index (χ2n) is 3.87. The van der Waals surface area contributed by atoms with Crippen LogP contribution in [0.3, 0.4) is 0 Å². The minimum Gasteiger partial charge on any atom is -0.314 e. The molecule has 4 heteroatoms. The molecule has 15 heavy (non-hydrogen) atoms. The van der Waals surface area contributed by atoms with Gasteiger partial charge in [0, 0.05) is 37.3 Å². The molecule has 0 aliphatic carbocycles. The topological polar surface area (TPSA) is 15.3 Å². The fraction of sp³-hybridized carbons (Fsp3) is 0.455. The maximum absolute atomic E-state index is 13.5. The van der Waals surface area contributed by atoms with Crippen molar-refractivity contribution in [3.8, 4) is 0 Å². The van der Waals surface area contributed by atoms with Gasteiger partial charge in [-0.25, -0.2) is 8.78 Å². The lowest BCUT2D eigenvalue weighted by atomic mass is 10.0. The van der Waals surface area contributed by atoms with Gasteiger partial charge < -0.3 is 5.32 Å². The zero-order valence-corrected chi connectivity index (χ0v) is 8.63. The van der Waals surface area contributed by atoms with Crippen molar-refractivity contribution in [2.45, 2.75) is 6.04 Å². The number of benzene rings is 1. The van der Waals surface area contributed by atoms with E-state index < -0.39 is 11.6 Å². The van der Waals surface area contributed by atoms with E-state index in [1.54, 1.807) is 0 Å². The van der Waals surface area contributed by atoms with Crippen molar-refractivity contribution in [3.63, 3.8) is 0 Å². The Kier molecular flexibility index (Phi) is 2.98. The molecule has 1 aliphatic rings. The summed E-state index contributed by atoms with van der Waals surface area (Å²) in [6.07, 6.45) is 0. The van der Waals surface area contributed by atoms with E-state index in [9.17, 15) is 8.78 Å². The molecule has 0 saturated carbocycles. The van der Waals surface area contributed by atoms with E-state index >= 15 is 0 Å². The number of halogens is 2. The van der Waals surface area contributed by atoms with Crippen LogP contribution in [-0.2, 0) is 0 Å². The van der Waals surface area contributed by atoms with Crippen LogP contribution in [0, 0.1) is 11.6 Å². The zero-order chi connectivity index (χ0) is 10.8. The molecule has 2 rings (SSSR count). The minimum atomic E-state index is -0.525. The quantitative estimate of drug-likeness (QED) is 0.759. The second-order valence-corrected chi connectivity index (χ2v) is 3.87. The van der Waals surface area contributed by atoms with Crippen LogP contribution in [0.4, 0.5) is 8.78 Å². The summed E-state index contributed by atoms with van der Waals surface area (Å²) in [7, 11) is 1.95. The molecule has 0 amide bonds. The summed E-state index contributed by atoms with van der Waals surface area (Å²) in [5, 5.41) is 3.20. The molecule has 1 saturated heterocycles. The van der Waals surface area contributed by atoms with Gasteiger partial charge in [-0.05, 0) is 13.1 Å². The molecule has 1 N–H and O–H groups in total. The van der Waals surface area contributed by atoms with Crippen LogP contribution in [0.1, 0.15) is 11.6 Å². The average molecular weight is 212 g/mol. The Hall–Kier alpha value is -1.00. The molecular formula is C11H14F2N2. The summed E-state index contributed by atoms with van der Waals surface area (Å²) in [5.41, 5.74) is 0.561. The summed E-state index contributed by atoms with van der Waals surface area (Å²) in [4.78, 5) is 2.08. The highest BCUT2D eigenvalue weighted by molar-refractivity contribution is 5.23. The number of hydrogen-bond donors (Lipinski definition) is 1. The fourth-order valence-electron chi connectivity index (χ4n) is 1.93. The van der Waals surface area contributed by atoms with Gasteiger partial charge in [0.15, 0.2) is 0 Å². The van der Waals surface area contributed by atoms with Crippen LogP contribution < -0.4 is 5.32 Å². The third kappa shape index (κ3) is 2.16. The second kappa shape index (κ2) is 4.24. The number of hydrogen-bond acceptors (Lipinski definition) is 2. The van der Waals surface area contributed by atoms with Crippen molar-refractivity contribution in [1.82, 2.24) is 10.2 Å². The van der Waals surface area contributed by atoms with Crippen molar-refractivity contribution in [1.29, 1.82) is 0 Å². The molecular weight excluding hydrogens is 198 g/mol. The van der Waals surface area contributed by atoms with Crippen LogP contribution in [0.25, 0.3) is 0 Å². The standard InChI is InChI=1S/C11H14F2N2/c1-15-5-4-14-7-11(15)9-3-2-8(12)6-10(9)13/h2-3,6,11,14H,4-5,7H2,1H3. The van der Waals surface area contributed by atoms with E-state index in [0.29, 0.717) is 12.1 Å². The molecule has 0 radical (unpaired) electrons. The van der Waals surface area contributed by atoms with Crippen molar-refractivity contribution in [3.05, 3.63) is 35.4 Å². The molecule has 1 fully saturated rings. The lowest BCUT2D eigenvalue weighted by Gasteiger charge is -2.33. The van der Waals surface area contributed by atoms with Gasteiger partial charge in [0.1, 0.15) is 11.6 Å². The Bertz CT molecular complexity index is 354. The molecule has 0 aromatic heterocycles. The zero-order valence-electron chi connectivity index (χ0n) is 8.63. The number of piperazine rings is 1. The molecule has 1 heterocycles. The first kappa shape index (κ1) is 10.5. The Morgan fingerprint density at radius 3 is 2.87 bits per heavy atom. The molecule has 82 valence electrons. The molecule has 1 aromatic rings. The highest BCUT2D eigenvalue weighted by Crippen LogP contribution is 2.23. The first-order valence-electron chi connectivity index (χ1n) is 5.04. The van der Waals surface area contributed by atoms with E-state index in [-0.39, 0.29) is 6.04 Å². The number of nitrogens with zero attached hydrogens (tertiary/aromatic N) is 1. The predicted octanol–water partition coefficient (Wildman–Crippen LogP) is 1.54. The van der Waals surface area contributed by atoms with Gasteiger partial charge in [-0.15, -0.1) is 0 Å². The highest BCUT2D eigenvalue weighted by Gasteiger charge is 2.23. The van der Waals surface area contributed by atoms with Gasteiger partial charge >= 0.3 is 0 Å². The summed E-state index contributed by atoms with van der Waals surface area (Å²) in [6.45, 7) is 2.50. The number of nitrogens with one attached hydrogen (secondary N) is 1. The lowest BCUT2D eigenvalue weighted by Crippen LogP contribution is -2.44. The monoisotopic (exact) mass is 212 g/mol. The fourth-order valence-corrected chi connectivity index (χ4v) is 1.93. The summed E-state index contributed by atoms with van der Waals surface area (Å²) in [5.74, 6) is -0.988. The average Bonchev–Trinajstić information content (AvgIpc) is 2.20. The van der Waals surface area contributed by atoms with Crippen molar-refractivity contribution in [2.75, 3.05) is 26.7 Å². The Morgan fingerprint density at radius 2 is 2.20 bits per heavy atom. The van der Waals surface area contributed by atoms with Crippen molar-refractivity contribution < 1.29 is 8.78 Å². The third-order valence-corrected chi connectivity index (χ3v) is 2.83. The smallest absolute Gasteiger partial charge is 0.130 e. The first-order valence-corrected chi connectivity index (χ1v) is 5.04. The molecule has 1 aliphatic heterocycles. The summed E-state index contributed by atoms with van der Waals surface area (Å²) < 4.78 is 26.3. The number of likely N-dealkylation sites (N-methyl/N-ethyl adjacent to an activating group) is 1. The first-order chi connectivity index (χ1) is 7.18. The van der Waals surface area contributed by atoms with Gasteiger partial charge in [0.05, 0.1) is 0 Å². The van der Waals surface area contributed by atoms with E-state index in [1.807, 2.05) is 7.05 Å². The lowest BCUT2D eigenvalue weighted by molar-refractivity contribution is 0.198. The third-order valence-electron chi connectivity index (χ3n) is 2.83. The van der Waals surface area contributed by atoms with Crippen molar-refractivity contribution in [2.24, 2.45) is 0 Å². The highest BCUT2D eigenvalue weighted by atomic mass is 19.1. The Morgan fingerprint density at radius 1 is 1.40 bits per heavy atom. The predicted molar refractivity (Wildman–Crippen MR) is 54.6 cm³/mol. The minimum absolute atomic E-state index is 0.000602. The summed E-state index contributed by atoms with van der Waals surface area (Å²) >= 11 is 0. The van der Waals surface area contributed by atoms with Gasteiger partial charge in [0.2, 0.25) is 0 Å². The van der Waals surface area contributed by atoms with E-state index in [4.69, 9.17) is 0 Å². The van der Waals surface area contributed by atoms with Crippen LogP contribution >= 0.6 is 0 Å². The molecule has 0 bridgehead atoms. The molecule has 1 unspecified atom stereocenters. The number of rotatable bonds is 1. The van der Waals surface area contributed by atoms with Crippen LogP contribution in [-0.4, -0.2) is 31.6 Å².